The molecule has 3 aliphatic heterocycles. The van der Waals surface area contributed by atoms with Crippen molar-refractivity contribution in [3.8, 4) is 17.2 Å². The molecule has 9 nitrogen and oxygen atoms in total. The van der Waals surface area contributed by atoms with Gasteiger partial charge in [0.15, 0.2) is 0 Å². The van der Waals surface area contributed by atoms with Gasteiger partial charge >= 0.3 is 0 Å². The molecule has 1 fully saturated rings. The van der Waals surface area contributed by atoms with Crippen LogP contribution in [0.25, 0.3) is 0 Å². The Kier molecular flexibility index (Phi) is 11.7. The lowest BCUT2D eigenvalue weighted by Gasteiger charge is -2.36. The van der Waals surface area contributed by atoms with Crippen LogP contribution in [0, 0.1) is 0 Å². The Hall–Kier alpha value is -5.15. The maximum atomic E-state index is 12.9. The molecule has 0 aromatic heterocycles. The number of rotatable bonds is 16. The SMILES string of the molecule is COc1ccc2c(c1)OC[C@H](c1ccccc1)[C@@H]2c1ccc(OCCCCCN2CCN(c3ccc4c(c3)CN(C(C=O)CCC=O)C4=O)CC2)cc1. The van der Waals surface area contributed by atoms with Gasteiger partial charge in [-0.2, -0.15) is 0 Å². The Morgan fingerprint density at radius 2 is 1.64 bits per heavy atom. The summed E-state index contributed by atoms with van der Waals surface area (Å²) in [6.45, 7) is 6.66. The maximum Gasteiger partial charge on any atom is 0.255 e. The van der Waals surface area contributed by atoms with Crippen LogP contribution < -0.4 is 19.1 Å². The first-order valence-electron chi connectivity index (χ1n) is 18.9. The van der Waals surface area contributed by atoms with Gasteiger partial charge in [0.25, 0.3) is 5.91 Å². The molecule has 0 aliphatic carbocycles. The number of benzene rings is 4. The molecule has 3 heterocycles. The van der Waals surface area contributed by atoms with Crippen molar-refractivity contribution in [2.75, 3.05) is 57.9 Å². The number of aldehydes is 2. The summed E-state index contributed by atoms with van der Waals surface area (Å²) in [6.07, 6.45) is 5.47. The van der Waals surface area contributed by atoms with Crippen molar-refractivity contribution in [3.63, 3.8) is 0 Å². The van der Waals surface area contributed by atoms with Crippen LogP contribution in [-0.2, 0) is 16.1 Å². The van der Waals surface area contributed by atoms with Crippen LogP contribution in [0.2, 0.25) is 0 Å². The van der Waals surface area contributed by atoms with E-state index in [1.54, 1.807) is 12.0 Å². The minimum absolute atomic E-state index is 0.126. The van der Waals surface area contributed by atoms with Crippen molar-refractivity contribution in [3.05, 3.63) is 119 Å². The molecule has 1 unspecified atom stereocenters. The van der Waals surface area contributed by atoms with Crippen LogP contribution in [0.15, 0.2) is 91.0 Å². The molecular weight excluding hydrogens is 666 g/mol. The molecule has 0 N–H and O–H groups in total. The van der Waals surface area contributed by atoms with Crippen LogP contribution in [0.3, 0.4) is 0 Å². The number of ether oxygens (including phenoxy) is 3. The van der Waals surface area contributed by atoms with Gasteiger partial charge in [0, 0.05) is 73.9 Å². The highest BCUT2D eigenvalue weighted by atomic mass is 16.5. The van der Waals surface area contributed by atoms with Crippen molar-refractivity contribution < 1.29 is 28.6 Å². The summed E-state index contributed by atoms with van der Waals surface area (Å²) in [7, 11) is 1.68. The van der Waals surface area contributed by atoms with E-state index in [1.165, 1.54) is 16.7 Å². The van der Waals surface area contributed by atoms with Crippen LogP contribution in [0.1, 0.15) is 76.6 Å². The van der Waals surface area contributed by atoms with E-state index in [4.69, 9.17) is 14.2 Å². The Bertz CT molecular complexity index is 1860. The molecule has 7 rings (SSSR count). The first-order valence-corrected chi connectivity index (χ1v) is 18.9. The summed E-state index contributed by atoms with van der Waals surface area (Å²) in [5, 5.41) is 0. The van der Waals surface area contributed by atoms with Crippen LogP contribution in [0.4, 0.5) is 5.69 Å². The van der Waals surface area contributed by atoms with E-state index >= 15 is 0 Å². The third-order valence-electron chi connectivity index (χ3n) is 11.0. The van der Waals surface area contributed by atoms with Crippen LogP contribution in [-0.4, -0.2) is 87.4 Å². The summed E-state index contributed by atoms with van der Waals surface area (Å²) in [5.41, 5.74) is 6.42. The van der Waals surface area contributed by atoms with Gasteiger partial charge in [-0.05, 0) is 85.3 Å². The highest BCUT2D eigenvalue weighted by Gasteiger charge is 2.35. The van der Waals surface area contributed by atoms with E-state index in [0.717, 1.165) is 93.1 Å². The monoisotopic (exact) mass is 715 g/mol. The number of amides is 1. The van der Waals surface area contributed by atoms with E-state index in [2.05, 4.69) is 76.5 Å². The molecule has 3 atom stereocenters. The minimum atomic E-state index is -0.563. The smallest absolute Gasteiger partial charge is 0.255 e. The zero-order valence-corrected chi connectivity index (χ0v) is 30.5. The quantitative estimate of drug-likeness (QED) is 0.0918. The molecule has 0 saturated carbocycles. The Labute approximate surface area is 312 Å². The zero-order chi connectivity index (χ0) is 36.6. The number of anilines is 1. The summed E-state index contributed by atoms with van der Waals surface area (Å²) in [5.74, 6) is 2.82. The van der Waals surface area contributed by atoms with Crippen LogP contribution >= 0.6 is 0 Å². The molecule has 4 aromatic carbocycles. The number of unbranched alkanes of at least 4 members (excludes halogenated alkanes) is 2. The average Bonchev–Trinajstić information content (AvgIpc) is 3.54. The van der Waals surface area contributed by atoms with Gasteiger partial charge in [-0.3, -0.25) is 9.69 Å². The lowest BCUT2D eigenvalue weighted by atomic mass is 9.76. The molecule has 276 valence electrons. The molecule has 0 spiro atoms. The van der Waals surface area contributed by atoms with Gasteiger partial charge in [0.05, 0.1) is 26.4 Å². The molecule has 1 saturated heterocycles. The van der Waals surface area contributed by atoms with Gasteiger partial charge in [0.1, 0.15) is 29.8 Å². The highest BCUT2D eigenvalue weighted by Crippen LogP contribution is 2.47. The lowest BCUT2D eigenvalue weighted by molar-refractivity contribution is -0.112. The van der Waals surface area contributed by atoms with Gasteiger partial charge in [0.2, 0.25) is 0 Å². The normalized spacial score (nSPS) is 18.8. The first kappa shape index (κ1) is 36.2. The number of carbonyl (C=O) groups is 3. The Morgan fingerprint density at radius 3 is 2.40 bits per heavy atom. The van der Waals surface area contributed by atoms with Crippen molar-refractivity contribution in [1.29, 1.82) is 0 Å². The summed E-state index contributed by atoms with van der Waals surface area (Å²) in [6, 6.07) is 30.8. The van der Waals surface area contributed by atoms with E-state index in [1.807, 2.05) is 24.3 Å². The topological polar surface area (TPSA) is 88.6 Å². The number of methoxy groups -OCH3 is 1. The molecule has 4 aromatic rings. The number of hydrogen-bond donors (Lipinski definition) is 0. The predicted molar refractivity (Wildman–Crippen MR) is 205 cm³/mol. The molecule has 0 radical (unpaired) electrons. The second-order valence-electron chi connectivity index (χ2n) is 14.2. The number of carbonyl (C=O) groups excluding carboxylic acids is 3. The van der Waals surface area contributed by atoms with E-state index < -0.39 is 6.04 Å². The fourth-order valence-electron chi connectivity index (χ4n) is 8.05. The molecule has 0 bridgehead atoms. The number of fused-ring (bicyclic) bond motifs is 2. The number of hydrogen-bond acceptors (Lipinski definition) is 8. The van der Waals surface area contributed by atoms with E-state index in [0.29, 0.717) is 31.7 Å². The third-order valence-corrected chi connectivity index (χ3v) is 11.0. The van der Waals surface area contributed by atoms with Crippen LogP contribution in [0.5, 0.6) is 17.2 Å². The standard InChI is InChI=1S/C44H49N3O6/c1-51-38-17-19-40-42(28-38)53-31-41(32-9-4-2-5-10-32)43(40)33-12-15-37(16-13-33)52-26-7-3-6-20-45-21-23-46(24-22-45)35-14-18-39-34(27-35)29-47(44(39)50)36(30-49)11-8-25-48/h2,4-5,9-10,12-19,25,27-28,30,36,41,43H,3,6-8,11,20-24,26,29,31H2,1H3/t36?,41-,43-/m1/s1. The fourth-order valence-corrected chi connectivity index (χ4v) is 8.05. The minimum Gasteiger partial charge on any atom is -0.497 e. The maximum absolute atomic E-state index is 12.9. The second kappa shape index (κ2) is 17.1. The van der Waals surface area contributed by atoms with Crippen molar-refractivity contribution in [2.45, 2.75) is 56.5 Å². The molecule has 53 heavy (non-hydrogen) atoms. The van der Waals surface area contributed by atoms with Gasteiger partial charge in [-0.1, -0.05) is 48.5 Å². The third kappa shape index (κ3) is 8.25. The Balaban J connectivity index is 0.848. The fraction of sp³-hybridized carbons (Fsp3) is 0.386. The second-order valence-corrected chi connectivity index (χ2v) is 14.2. The van der Waals surface area contributed by atoms with Gasteiger partial charge in [-0.25, -0.2) is 0 Å². The molecular formula is C44H49N3O6. The molecule has 3 aliphatic rings. The Morgan fingerprint density at radius 1 is 0.849 bits per heavy atom. The van der Waals surface area contributed by atoms with Crippen molar-refractivity contribution >= 4 is 24.2 Å². The van der Waals surface area contributed by atoms with Gasteiger partial charge in [-0.15, -0.1) is 0 Å². The largest absolute Gasteiger partial charge is 0.497 e. The highest BCUT2D eigenvalue weighted by molar-refractivity contribution is 6.00. The number of nitrogens with zero attached hydrogens (tertiary/aromatic N) is 3. The molecule has 1 amide bonds. The van der Waals surface area contributed by atoms with Gasteiger partial charge < -0.3 is 33.6 Å². The van der Waals surface area contributed by atoms with Crippen molar-refractivity contribution in [2.24, 2.45) is 0 Å². The summed E-state index contributed by atoms with van der Waals surface area (Å²) in [4.78, 5) is 41.9. The predicted octanol–water partition coefficient (Wildman–Crippen LogP) is 6.88. The first-order chi connectivity index (χ1) is 26.1. The lowest BCUT2D eigenvalue weighted by Crippen LogP contribution is -2.46. The molecule has 9 heteroatoms. The average molecular weight is 716 g/mol. The van der Waals surface area contributed by atoms with E-state index in [9.17, 15) is 14.4 Å². The summed E-state index contributed by atoms with van der Waals surface area (Å²) < 4.78 is 17.9. The van der Waals surface area contributed by atoms with E-state index in [-0.39, 0.29) is 24.2 Å². The summed E-state index contributed by atoms with van der Waals surface area (Å²) >= 11 is 0. The number of piperazine rings is 1. The van der Waals surface area contributed by atoms with Crippen molar-refractivity contribution in [1.82, 2.24) is 9.80 Å². The zero-order valence-electron chi connectivity index (χ0n) is 30.5.